The number of benzene rings is 1. The summed E-state index contributed by atoms with van der Waals surface area (Å²) in [7, 11) is 0. The Morgan fingerprint density at radius 1 is 1.32 bits per heavy atom. The molecule has 3 rings (SSSR count). The van der Waals surface area contributed by atoms with Gasteiger partial charge in [-0.2, -0.15) is 0 Å². The van der Waals surface area contributed by atoms with Crippen LogP contribution in [0.3, 0.4) is 0 Å². The third-order valence-corrected chi connectivity index (χ3v) is 4.26. The zero-order valence-corrected chi connectivity index (χ0v) is 14.5. The normalized spacial score (nSPS) is 16.6. The van der Waals surface area contributed by atoms with E-state index in [1.165, 1.54) is 12.4 Å². The van der Waals surface area contributed by atoms with Gasteiger partial charge in [-0.25, -0.2) is 9.97 Å². The second kappa shape index (κ2) is 7.81. The standard InChI is InChI=1S/C15H15Cl2N5O3/c16-9-3-4-12(11(17)6-9)21-15-13(22(23)24)14(19-8-20-15)18-7-10-2-1-5-25-10/h3-4,6,8,10H,1-2,5,7H2,(H2,18,19,20,21). The first kappa shape index (κ1) is 17.7. The molecule has 1 fully saturated rings. The van der Waals surface area contributed by atoms with Crippen molar-refractivity contribution in [1.82, 2.24) is 9.97 Å². The van der Waals surface area contributed by atoms with Crippen LogP contribution in [0.5, 0.6) is 0 Å². The fraction of sp³-hybridized carbons (Fsp3) is 0.333. The maximum Gasteiger partial charge on any atom is 0.353 e. The van der Waals surface area contributed by atoms with Gasteiger partial charge in [-0.05, 0) is 31.0 Å². The zero-order chi connectivity index (χ0) is 17.8. The van der Waals surface area contributed by atoms with E-state index in [4.69, 9.17) is 27.9 Å². The summed E-state index contributed by atoms with van der Waals surface area (Å²) < 4.78 is 5.51. The minimum absolute atomic E-state index is 0.0247. The van der Waals surface area contributed by atoms with Crippen molar-refractivity contribution in [3.05, 3.63) is 44.7 Å². The highest BCUT2D eigenvalue weighted by Crippen LogP contribution is 2.34. The number of hydrogen-bond acceptors (Lipinski definition) is 7. The second-order valence-electron chi connectivity index (χ2n) is 5.44. The first-order valence-electron chi connectivity index (χ1n) is 7.61. The van der Waals surface area contributed by atoms with Crippen molar-refractivity contribution in [3.8, 4) is 0 Å². The van der Waals surface area contributed by atoms with Gasteiger partial charge in [0, 0.05) is 18.2 Å². The Kier molecular flexibility index (Phi) is 5.52. The highest BCUT2D eigenvalue weighted by Gasteiger charge is 2.25. The quantitative estimate of drug-likeness (QED) is 0.573. The predicted molar refractivity (Wildman–Crippen MR) is 95.9 cm³/mol. The predicted octanol–water partition coefficient (Wildman–Crippen LogP) is 4.03. The summed E-state index contributed by atoms with van der Waals surface area (Å²) in [5, 5.41) is 18.2. The van der Waals surface area contributed by atoms with Crippen LogP contribution in [0.2, 0.25) is 10.0 Å². The van der Waals surface area contributed by atoms with Gasteiger partial charge in [0.25, 0.3) is 0 Å². The molecule has 0 saturated carbocycles. The molecular weight excluding hydrogens is 369 g/mol. The fourth-order valence-corrected chi connectivity index (χ4v) is 2.96. The lowest BCUT2D eigenvalue weighted by Gasteiger charge is -2.13. The van der Waals surface area contributed by atoms with Crippen molar-refractivity contribution in [1.29, 1.82) is 0 Å². The van der Waals surface area contributed by atoms with Gasteiger partial charge < -0.3 is 15.4 Å². The number of halogens is 2. The molecule has 2 aromatic rings. The van der Waals surface area contributed by atoms with Crippen LogP contribution >= 0.6 is 23.2 Å². The van der Waals surface area contributed by atoms with Crippen molar-refractivity contribution in [2.24, 2.45) is 0 Å². The zero-order valence-electron chi connectivity index (χ0n) is 13.0. The van der Waals surface area contributed by atoms with Crippen molar-refractivity contribution in [2.45, 2.75) is 18.9 Å². The third kappa shape index (κ3) is 4.28. The van der Waals surface area contributed by atoms with E-state index in [0.29, 0.717) is 28.9 Å². The summed E-state index contributed by atoms with van der Waals surface area (Å²) in [6.45, 7) is 1.15. The van der Waals surface area contributed by atoms with Crippen molar-refractivity contribution in [3.63, 3.8) is 0 Å². The lowest BCUT2D eigenvalue weighted by Crippen LogP contribution is -2.20. The van der Waals surface area contributed by atoms with Crippen LogP contribution < -0.4 is 10.6 Å². The Balaban J connectivity index is 1.85. The summed E-state index contributed by atoms with van der Waals surface area (Å²) in [5.41, 5.74) is 0.199. The highest BCUT2D eigenvalue weighted by atomic mass is 35.5. The lowest BCUT2D eigenvalue weighted by atomic mass is 10.2. The number of anilines is 3. The van der Waals surface area contributed by atoms with Crippen molar-refractivity contribution in [2.75, 3.05) is 23.8 Å². The fourth-order valence-electron chi connectivity index (χ4n) is 2.51. The molecule has 132 valence electrons. The number of aromatic nitrogens is 2. The third-order valence-electron chi connectivity index (χ3n) is 3.71. The average Bonchev–Trinajstić information content (AvgIpc) is 3.09. The highest BCUT2D eigenvalue weighted by molar-refractivity contribution is 6.36. The topological polar surface area (TPSA) is 102 Å². The van der Waals surface area contributed by atoms with Gasteiger partial charge in [-0.3, -0.25) is 10.1 Å². The first-order chi connectivity index (χ1) is 12.0. The molecule has 1 unspecified atom stereocenters. The van der Waals surface area contributed by atoms with Crippen LogP contribution in [-0.4, -0.2) is 34.1 Å². The molecule has 1 saturated heterocycles. The molecule has 0 amide bonds. The van der Waals surface area contributed by atoms with Gasteiger partial charge in [0.05, 0.1) is 21.7 Å². The summed E-state index contributed by atoms with van der Waals surface area (Å²) in [6.07, 6.45) is 3.17. The van der Waals surface area contributed by atoms with Gasteiger partial charge in [-0.15, -0.1) is 0 Å². The van der Waals surface area contributed by atoms with Crippen LogP contribution in [0, 0.1) is 10.1 Å². The van der Waals surface area contributed by atoms with E-state index in [-0.39, 0.29) is 23.4 Å². The van der Waals surface area contributed by atoms with Crippen LogP contribution in [0.4, 0.5) is 23.0 Å². The van der Waals surface area contributed by atoms with E-state index in [9.17, 15) is 10.1 Å². The molecule has 0 radical (unpaired) electrons. The molecule has 0 spiro atoms. The maximum atomic E-state index is 11.5. The largest absolute Gasteiger partial charge is 0.376 e. The molecule has 10 heteroatoms. The van der Waals surface area contributed by atoms with Crippen LogP contribution in [-0.2, 0) is 4.74 Å². The van der Waals surface area contributed by atoms with Crippen LogP contribution in [0.1, 0.15) is 12.8 Å². The second-order valence-corrected chi connectivity index (χ2v) is 6.29. The molecule has 25 heavy (non-hydrogen) atoms. The average molecular weight is 384 g/mol. The molecule has 1 aliphatic rings. The lowest BCUT2D eigenvalue weighted by molar-refractivity contribution is -0.383. The SMILES string of the molecule is O=[N+]([O-])c1c(NCC2CCCO2)ncnc1Nc1ccc(Cl)cc1Cl. The number of nitro groups is 1. The summed E-state index contributed by atoms with van der Waals surface area (Å²) in [6, 6.07) is 4.78. The Morgan fingerprint density at radius 2 is 2.12 bits per heavy atom. The molecule has 1 aromatic heterocycles. The number of ether oxygens (including phenoxy) is 1. The van der Waals surface area contributed by atoms with Crippen LogP contribution in [0.15, 0.2) is 24.5 Å². The summed E-state index contributed by atoms with van der Waals surface area (Å²) in [4.78, 5) is 18.9. The Hall–Kier alpha value is -2.16. The van der Waals surface area contributed by atoms with Gasteiger partial charge in [0.1, 0.15) is 6.33 Å². The van der Waals surface area contributed by atoms with Crippen LogP contribution in [0.25, 0.3) is 0 Å². The molecule has 2 N–H and O–H groups in total. The van der Waals surface area contributed by atoms with E-state index in [1.807, 2.05) is 0 Å². The number of nitrogens with zero attached hydrogens (tertiary/aromatic N) is 3. The van der Waals surface area contributed by atoms with Gasteiger partial charge in [0.15, 0.2) is 0 Å². The molecule has 2 heterocycles. The van der Waals surface area contributed by atoms with E-state index < -0.39 is 4.92 Å². The monoisotopic (exact) mass is 383 g/mol. The maximum absolute atomic E-state index is 11.5. The molecule has 0 aliphatic carbocycles. The number of rotatable bonds is 6. The molecule has 1 aromatic carbocycles. The first-order valence-corrected chi connectivity index (χ1v) is 8.37. The summed E-state index contributed by atoms with van der Waals surface area (Å²) in [5.74, 6) is 0.169. The van der Waals surface area contributed by atoms with Crippen molar-refractivity contribution < 1.29 is 9.66 Å². The smallest absolute Gasteiger partial charge is 0.353 e. The minimum atomic E-state index is -0.538. The molecule has 1 atom stereocenters. The molecule has 0 bridgehead atoms. The van der Waals surface area contributed by atoms with E-state index in [0.717, 1.165) is 12.8 Å². The number of nitrogens with one attached hydrogen (secondary N) is 2. The number of hydrogen-bond donors (Lipinski definition) is 2. The Morgan fingerprint density at radius 3 is 2.80 bits per heavy atom. The van der Waals surface area contributed by atoms with E-state index in [1.54, 1.807) is 12.1 Å². The van der Waals surface area contributed by atoms with Gasteiger partial charge in [-0.1, -0.05) is 23.2 Å². The van der Waals surface area contributed by atoms with Gasteiger partial charge >= 0.3 is 5.69 Å². The Bertz CT molecular complexity index is 784. The van der Waals surface area contributed by atoms with E-state index >= 15 is 0 Å². The van der Waals surface area contributed by atoms with Crippen molar-refractivity contribution >= 4 is 46.2 Å². The molecule has 1 aliphatic heterocycles. The summed E-state index contributed by atoms with van der Waals surface area (Å²) >= 11 is 12.0. The molecular formula is C15H15Cl2N5O3. The van der Waals surface area contributed by atoms with Gasteiger partial charge in [0.2, 0.25) is 11.6 Å². The minimum Gasteiger partial charge on any atom is -0.376 e. The molecule has 8 nitrogen and oxygen atoms in total. The van der Waals surface area contributed by atoms with E-state index in [2.05, 4.69) is 20.6 Å². The Labute approximate surface area is 153 Å².